The maximum atomic E-state index is 14.0. The van der Waals surface area contributed by atoms with Gasteiger partial charge in [0.15, 0.2) is 4.80 Å². The van der Waals surface area contributed by atoms with E-state index in [1.165, 1.54) is 28.0 Å². The van der Waals surface area contributed by atoms with Crippen LogP contribution in [0, 0.1) is 10.1 Å². The molecule has 208 valence electrons. The van der Waals surface area contributed by atoms with Gasteiger partial charge in [0.1, 0.15) is 5.75 Å². The predicted octanol–water partition coefficient (Wildman–Crippen LogP) is 3.70. The summed E-state index contributed by atoms with van der Waals surface area (Å²) in [5.41, 5.74) is 2.50. The Labute approximate surface area is 234 Å². The minimum atomic E-state index is -0.765. The average molecular weight is 563 g/mol. The van der Waals surface area contributed by atoms with E-state index < -0.39 is 16.9 Å². The van der Waals surface area contributed by atoms with Gasteiger partial charge in [-0.05, 0) is 63.5 Å². The van der Waals surface area contributed by atoms with Crippen molar-refractivity contribution in [1.29, 1.82) is 0 Å². The molecule has 2 aromatic carbocycles. The zero-order valence-corrected chi connectivity index (χ0v) is 23.6. The summed E-state index contributed by atoms with van der Waals surface area (Å²) in [7, 11) is 1.57. The lowest BCUT2D eigenvalue weighted by atomic mass is 9.96. The normalized spacial score (nSPS) is 17.2. The Morgan fingerprint density at radius 1 is 1.18 bits per heavy atom. The van der Waals surface area contributed by atoms with Crippen LogP contribution in [0.4, 0.5) is 11.4 Å². The van der Waals surface area contributed by atoms with Crippen LogP contribution >= 0.6 is 11.3 Å². The highest BCUT2D eigenvalue weighted by Crippen LogP contribution is 2.32. The van der Waals surface area contributed by atoms with Crippen molar-refractivity contribution in [3.8, 4) is 5.75 Å². The fraction of sp³-hybridized carbons (Fsp3) is 0.345. The standard InChI is InChI=1S/C29H30N4O6S/c1-17(2)39-28(35)25-18(3)30-29-32(26(25)19-7-10-22(38-4)11-8-19)27(34)24(40-29)16-20-15-21(33(36)37)9-12-23(20)31-13-5-6-14-31/h7-12,15-17,26H,5-6,13-14H2,1-4H3. The summed E-state index contributed by atoms with van der Waals surface area (Å²) < 4.78 is 12.7. The smallest absolute Gasteiger partial charge is 0.338 e. The number of non-ortho nitro benzene ring substituents is 1. The van der Waals surface area contributed by atoms with Gasteiger partial charge in [-0.2, -0.15) is 0 Å². The van der Waals surface area contributed by atoms with Crippen molar-refractivity contribution in [2.75, 3.05) is 25.1 Å². The molecule has 0 amide bonds. The molecule has 40 heavy (non-hydrogen) atoms. The monoisotopic (exact) mass is 562 g/mol. The van der Waals surface area contributed by atoms with Crippen LogP contribution in [-0.2, 0) is 9.53 Å². The molecule has 5 rings (SSSR count). The number of aromatic nitrogens is 1. The van der Waals surface area contributed by atoms with Crippen LogP contribution in [0.3, 0.4) is 0 Å². The molecule has 3 aromatic rings. The Morgan fingerprint density at radius 3 is 2.50 bits per heavy atom. The summed E-state index contributed by atoms with van der Waals surface area (Å²) in [6.45, 7) is 6.96. The molecule has 0 spiro atoms. The number of nitrogens with zero attached hydrogens (tertiary/aromatic N) is 4. The third-order valence-electron chi connectivity index (χ3n) is 6.97. The van der Waals surface area contributed by atoms with Crippen molar-refractivity contribution in [3.05, 3.63) is 94.7 Å². The van der Waals surface area contributed by atoms with E-state index in [0.29, 0.717) is 31.9 Å². The van der Waals surface area contributed by atoms with Gasteiger partial charge in [0.2, 0.25) is 0 Å². The summed E-state index contributed by atoms with van der Waals surface area (Å²) >= 11 is 1.19. The number of rotatable bonds is 7. The molecule has 1 fully saturated rings. The molecule has 0 saturated carbocycles. The van der Waals surface area contributed by atoms with Gasteiger partial charge >= 0.3 is 5.97 Å². The number of allylic oxidation sites excluding steroid dienone is 1. The number of nitro benzene ring substituents is 1. The van der Waals surface area contributed by atoms with Crippen molar-refractivity contribution in [1.82, 2.24) is 4.57 Å². The van der Waals surface area contributed by atoms with E-state index in [9.17, 15) is 19.7 Å². The lowest BCUT2D eigenvalue weighted by Crippen LogP contribution is -2.40. The molecular weight excluding hydrogens is 532 g/mol. The number of benzene rings is 2. The van der Waals surface area contributed by atoms with E-state index in [4.69, 9.17) is 9.47 Å². The van der Waals surface area contributed by atoms with Gasteiger partial charge < -0.3 is 14.4 Å². The molecule has 0 aliphatic carbocycles. The summed E-state index contributed by atoms with van der Waals surface area (Å²) in [6, 6.07) is 11.2. The fourth-order valence-corrected chi connectivity index (χ4v) is 6.16. The first-order valence-corrected chi connectivity index (χ1v) is 13.9. The zero-order chi connectivity index (χ0) is 28.6. The van der Waals surface area contributed by atoms with Gasteiger partial charge in [0.05, 0.1) is 40.0 Å². The molecule has 3 heterocycles. The van der Waals surface area contributed by atoms with E-state index in [1.807, 2.05) is 12.1 Å². The molecule has 1 saturated heterocycles. The summed E-state index contributed by atoms with van der Waals surface area (Å²) in [6.07, 6.45) is 3.41. The number of fused-ring (bicyclic) bond motifs is 1. The van der Waals surface area contributed by atoms with Crippen LogP contribution in [0.5, 0.6) is 5.75 Å². The van der Waals surface area contributed by atoms with E-state index in [0.717, 1.165) is 31.6 Å². The van der Waals surface area contributed by atoms with Crippen LogP contribution in [0.15, 0.2) is 63.5 Å². The lowest BCUT2D eigenvalue weighted by Gasteiger charge is -2.25. The second kappa shape index (κ2) is 11.1. The van der Waals surface area contributed by atoms with Crippen molar-refractivity contribution in [3.63, 3.8) is 0 Å². The molecular formula is C29H30N4O6S. The van der Waals surface area contributed by atoms with Gasteiger partial charge in [0, 0.05) is 36.5 Å². The van der Waals surface area contributed by atoms with Crippen molar-refractivity contribution < 1.29 is 19.2 Å². The Balaban J connectivity index is 1.71. The van der Waals surface area contributed by atoms with Gasteiger partial charge in [-0.3, -0.25) is 19.5 Å². The van der Waals surface area contributed by atoms with Crippen LogP contribution in [0.25, 0.3) is 6.08 Å². The molecule has 1 unspecified atom stereocenters. The highest BCUT2D eigenvalue weighted by molar-refractivity contribution is 7.07. The number of methoxy groups -OCH3 is 1. The Morgan fingerprint density at radius 2 is 1.88 bits per heavy atom. The van der Waals surface area contributed by atoms with Crippen LogP contribution < -0.4 is 24.5 Å². The summed E-state index contributed by atoms with van der Waals surface area (Å²) in [4.78, 5) is 45.7. The maximum Gasteiger partial charge on any atom is 0.338 e. The predicted molar refractivity (Wildman–Crippen MR) is 153 cm³/mol. The van der Waals surface area contributed by atoms with E-state index >= 15 is 0 Å². The average Bonchev–Trinajstić information content (AvgIpc) is 3.56. The highest BCUT2D eigenvalue weighted by atomic mass is 32.1. The van der Waals surface area contributed by atoms with Crippen molar-refractivity contribution in [2.45, 2.75) is 45.8 Å². The van der Waals surface area contributed by atoms with Gasteiger partial charge in [-0.1, -0.05) is 23.5 Å². The Bertz CT molecular complexity index is 1680. The number of carbonyl (C=O) groups is 1. The van der Waals surface area contributed by atoms with Gasteiger partial charge in [-0.25, -0.2) is 9.79 Å². The second-order valence-corrected chi connectivity index (χ2v) is 11.0. The van der Waals surface area contributed by atoms with Gasteiger partial charge in [-0.15, -0.1) is 0 Å². The van der Waals surface area contributed by atoms with E-state index in [1.54, 1.807) is 52.2 Å². The molecule has 11 heteroatoms. The van der Waals surface area contributed by atoms with Crippen LogP contribution in [0.1, 0.15) is 50.8 Å². The Kier molecular flexibility index (Phi) is 7.57. The maximum absolute atomic E-state index is 14.0. The minimum Gasteiger partial charge on any atom is -0.497 e. The summed E-state index contributed by atoms with van der Waals surface area (Å²) in [5.74, 6) is 0.102. The third-order valence-corrected chi connectivity index (χ3v) is 7.95. The molecule has 0 radical (unpaired) electrons. The number of esters is 1. The number of ether oxygens (including phenoxy) is 2. The number of anilines is 1. The number of carbonyl (C=O) groups excluding carboxylic acids is 1. The Hall–Kier alpha value is -4.25. The first-order chi connectivity index (χ1) is 19.2. The SMILES string of the molecule is COc1ccc(C2C(C(=O)OC(C)C)=C(C)N=c3sc(=Cc4cc([N+](=O)[O-])ccc4N4CCCC4)c(=O)n32)cc1. The minimum absolute atomic E-state index is 0.0485. The largest absolute Gasteiger partial charge is 0.497 e. The topological polar surface area (TPSA) is 116 Å². The first-order valence-electron chi connectivity index (χ1n) is 13.1. The van der Waals surface area contributed by atoms with Crippen molar-refractivity contribution in [2.24, 2.45) is 4.99 Å². The molecule has 0 N–H and O–H groups in total. The van der Waals surface area contributed by atoms with Crippen molar-refractivity contribution >= 4 is 34.8 Å². The zero-order valence-electron chi connectivity index (χ0n) is 22.7. The van der Waals surface area contributed by atoms with E-state index in [-0.39, 0.29) is 22.9 Å². The number of nitro groups is 1. The fourth-order valence-electron chi connectivity index (χ4n) is 5.12. The molecule has 0 bridgehead atoms. The molecule has 1 atom stereocenters. The molecule has 2 aliphatic rings. The summed E-state index contributed by atoms with van der Waals surface area (Å²) in [5, 5.41) is 11.6. The second-order valence-electron chi connectivity index (χ2n) is 10.0. The number of hydrogen-bond donors (Lipinski definition) is 0. The van der Waals surface area contributed by atoms with Crippen LogP contribution in [-0.4, -0.2) is 41.8 Å². The molecule has 1 aromatic heterocycles. The first kappa shape index (κ1) is 27.3. The number of hydrogen-bond acceptors (Lipinski definition) is 9. The third kappa shape index (κ3) is 5.16. The van der Waals surface area contributed by atoms with Crippen LogP contribution in [0.2, 0.25) is 0 Å². The highest BCUT2D eigenvalue weighted by Gasteiger charge is 2.34. The van der Waals surface area contributed by atoms with E-state index in [2.05, 4.69) is 9.89 Å². The lowest BCUT2D eigenvalue weighted by molar-refractivity contribution is -0.384. The quantitative estimate of drug-likeness (QED) is 0.245. The molecule has 10 nitrogen and oxygen atoms in total. The molecule has 2 aliphatic heterocycles. The number of thiazole rings is 1. The van der Waals surface area contributed by atoms with Gasteiger partial charge in [0.25, 0.3) is 11.2 Å².